The van der Waals surface area contributed by atoms with Gasteiger partial charge in [-0.15, -0.1) is 11.8 Å². The van der Waals surface area contributed by atoms with Crippen LogP contribution in [0.5, 0.6) is 0 Å². The topological polar surface area (TPSA) is 188 Å². The van der Waals surface area contributed by atoms with Gasteiger partial charge in [0.2, 0.25) is 11.9 Å². The molecule has 4 aromatic rings. The van der Waals surface area contributed by atoms with E-state index >= 15 is 0 Å². The standard InChI is InChI=1S/C28H24N8O3S2/c1-17-14-18(2)33-28(32-17)36-41(38,39)21-10-8-20(9-11-21)34-24(37)12-13-40-27-23(16-30)25(19-6-4-3-5-7-19)22(15-29)26(31)35-27/h3-11,14H,12-13H2,1-2H3,(H2,31,35)(H,34,37)(H,32,33,36). The molecule has 206 valence electrons. The zero-order chi connectivity index (χ0) is 29.6. The number of aryl methyl sites for hydroxylation is 2. The third-order valence-corrected chi connectivity index (χ3v) is 8.02. The van der Waals surface area contributed by atoms with Gasteiger partial charge in [0.25, 0.3) is 10.0 Å². The number of hydrogen-bond acceptors (Lipinski definition) is 10. The first-order chi connectivity index (χ1) is 19.6. The maximum Gasteiger partial charge on any atom is 0.264 e. The summed E-state index contributed by atoms with van der Waals surface area (Å²) in [5.41, 5.74) is 9.11. The molecule has 0 saturated carbocycles. The van der Waals surface area contributed by atoms with Crippen molar-refractivity contribution in [3.63, 3.8) is 0 Å². The molecule has 41 heavy (non-hydrogen) atoms. The van der Waals surface area contributed by atoms with Crippen molar-refractivity contribution in [2.24, 2.45) is 0 Å². The maximum atomic E-state index is 12.7. The van der Waals surface area contributed by atoms with E-state index in [0.717, 1.165) is 0 Å². The van der Waals surface area contributed by atoms with Crippen LogP contribution in [0.15, 0.2) is 70.6 Å². The van der Waals surface area contributed by atoms with Gasteiger partial charge < -0.3 is 11.1 Å². The molecule has 0 aliphatic carbocycles. The Morgan fingerprint density at radius 1 is 0.951 bits per heavy atom. The molecule has 0 unspecified atom stereocenters. The van der Waals surface area contributed by atoms with Crippen LogP contribution in [0.1, 0.15) is 28.9 Å². The quantitative estimate of drug-likeness (QED) is 0.238. The van der Waals surface area contributed by atoms with Gasteiger partial charge >= 0.3 is 0 Å². The summed E-state index contributed by atoms with van der Waals surface area (Å²) in [5.74, 6) is -0.0603. The Labute approximate surface area is 241 Å². The summed E-state index contributed by atoms with van der Waals surface area (Å²) < 4.78 is 27.8. The molecular weight excluding hydrogens is 560 g/mol. The van der Waals surface area contributed by atoms with Crippen molar-refractivity contribution in [3.05, 3.63) is 83.2 Å². The van der Waals surface area contributed by atoms with E-state index in [9.17, 15) is 23.7 Å². The Morgan fingerprint density at radius 2 is 1.59 bits per heavy atom. The van der Waals surface area contributed by atoms with E-state index in [1.54, 1.807) is 44.2 Å². The fourth-order valence-corrected chi connectivity index (χ4v) is 5.81. The summed E-state index contributed by atoms with van der Waals surface area (Å²) in [6.07, 6.45) is 0.0729. The molecule has 4 rings (SSSR count). The zero-order valence-electron chi connectivity index (χ0n) is 22.0. The fraction of sp³-hybridized carbons (Fsp3) is 0.143. The van der Waals surface area contributed by atoms with Gasteiger partial charge in [-0.25, -0.2) is 28.1 Å². The number of nitriles is 2. The lowest BCUT2D eigenvalue weighted by atomic mass is 9.97. The second kappa shape index (κ2) is 12.5. The lowest BCUT2D eigenvalue weighted by Gasteiger charge is -2.13. The van der Waals surface area contributed by atoms with E-state index in [4.69, 9.17) is 5.73 Å². The monoisotopic (exact) mass is 584 g/mol. The highest BCUT2D eigenvalue weighted by Crippen LogP contribution is 2.35. The number of anilines is 3. The highest BCUT2D eigenvalue weighted by atomic mass is 32.2. The summed E-state index contributed by atoms with van der Waals surface area (Å²) >= 11 is 1.18. The zero-order valence-corrected chi connectivity index (χ0v) is 23.7. The normalized spacial score (nSPS) is 10.8. The lowest BCUT2D eigenvalue weighted by molar-refractivity contribution is -0.115. The van der Waals surface area contributed by atoms with Crippen LogP contribution in [-0.2, 0) is 14.8 Å². The van der Waals surface area contributed by atoms with Crippen LogP contribution in [0.25, 0.3) is 11.1 Å². The molecule has 11 nitrogen and oxygen atoms in total. The number of rotatable bonds is 9. The Hall–Kier alpha value is -4.98. The highest BCUT2D eigenvalue weighted by molar-refractivity contribution is 7.99. The summed E-state index contributed by atoms with van der Waals surface area (Å²) in [7, 11) is -3.93. The van der Waals surface area contributed by atoms with Crippen molar-refractivity contribution in [2.45, 2.75) is 30.2 Å². The molecule has 0 spiro atoms. The minimum atomic E-state index is -3.93. The van der Waals surface area contributed by atoms with Crippen LogP contribution in [0, 0.1) is 36.5 Å². The van der Waals surface area contributed by atoms with E-state index in [-0.39, 0.29) is 45.9 Å². The van der Waals surface area contributed by atoms with E-state index in [1.165, 1.54) is 36.0 Å². The van der Waals surface area contributed by atoms with Crippen LogP contribution < -0.4 is 15.8 Å². The Morgan fingerprint density at radius 3 is 2.20 bits per heavy atom. The number of nitrogen functional groups attached to an aromatic ring is 1. The van der Waals surface area contributed by atoms with Crippen LogP contribution in [0.4, 0.5) is 17.5 Å². The first-order valence-corrected chi connectivity index (χ1v) is 14.6. The van der Waals surface area contributed by atoms with Crippen LogP contribution in [0.2, 0.25) is 0 Å². The number of amides is 1. The number of carbonyl (C=O) groups is 1. The van der Waals surface area contributed by atoms with Crippen LogP contribution in [0.3, 0.4) is 0 Å². The van der Waals surface area contributed by atoms with Crippen molar-refractivity contribution in [1.82, 2.24) is 15.0 Å². The van der Waals surface area contributed by atoms with Gasteiger partial charge in [0.05, 0.1) is 10.5 Å². The highest BCUT2D eigenvalue weighted by Gasteiger charge is 2.21. The summed E-state index contributed by atoms with van der Waals surface area (Å²) in [5, 5.41) is 22.5. The smallest absolute Gasteiger partial charge is 0.264 e. The van der Waals surface area contributed by atoms with E-state index in [0.29, 0.717) is 33.2 Å². The number of thioether (sulfide) groups is 1. The molecule has 0 atom stereocenters. The van der Waals surface area contributed by atoms with Gasteiger partial charge in [-0.3, -0.25) is 4.79 Å². The summed E-state index contributed by atoms with van der Waals surface area (Å²) in [4.78, 5) is 25.0. The molecule has 0 aliphatic rings. The van der Waals surface area contributed by atoms with E-state index in [1.807, 2.05) is 12.1 Å². The number of nitrogens with two attached hydrogens (primary N) is 1. The van der Waals surface area contributed by atoms with E-state index < -0.39 is 10.0 Å². The van der Waals surface area contributed by atoms with E-state index in [2.05, 4.69) is 31.1 Å². The molecule has 0 saturated heterocycles. The fourth-order valence-electron chi connectivity index (χ4n) is 3.93. The Bertz CT molecular complexity index is 1780. The number of sulfonamides is 1. The van der Waals surface area contributed by atoms with Crippen LogP contribution in [-0.4, -0.2) is 35.0 Å². The largest absolute Gasteiger partial charge is 0.383 e. The van der Waals surface area contributed by atoms with Gasteiger partial charge in [0.15, 0.2) is 0 Å². The molecule has 2 heterocycles. The lowest BCUT2D eigenvalue weighted by Crippen LogP contribution is -2.16. The minimum absolute atomic E-state index is 0.00549. The first kappa shape index (κ1) is 29.0. The Kier molecular flexibility index (Phi) is 8.82. The molecule has 13 heteroatoms. The van der Waals surface area contributed by atoms with Crippen LogP contribution >= 0.6 is 11.8 Å². The van der Waals surface area contributed by atoms with Gasteiger partial charge in [-0.2, -0.15) is 10.5 Å². The number of nitrogens with zero attached hydrogens (tertiary/aromatic N) is 5. The molecule has 0 bridgehead atoms. The minimum Gasteiger partial charge on any atom is -0.383 e. The van der Waals surface area contributed by atoms with Gasteiger partial charge in [-0.1, -0.05) is 30.3 Å². The average Bonchev–Trinajstić information content (AvgIpc) is 2.92. The number of aromatic nitrogens is 3. The van der Waals surface area contributed by atoms with Crippen molar-refractivity contribution in [2.75, 3.05) is 21.5 Å². The third-order valence-electron chi connectivity index (χ3n) is 5.70. The maximum absolute atomic E-state index is 12.7. The number of benzene rings is 2. The predicted molar refractivity (Wildman–Crippen MR) is 156 cm³/mol. The van der Waals surface area contributed by atoms with Crippen molar-refractivity contribution < 1.29 is 13.2 Å². The first-order valence-electron chi connectivity index (χ1n) is 12.2. The molecule has 0 fully saturated rings. The SMILES string of the molecule is Cc1cc(C)nc(NS(=O)(=O)c2ccc(NC(=O)CCSc3nc(N)c(C#N)c(-c4ccccc4)c3C#N)cc2)n1. The number of hydrogen-bond donors (Lipinski definition) is 3. The molecule has 4 N–H and O–H groups in total. The predicted octanol–water partition coefficient (Wildman–Crippen LogP) is 4.40. The summed E-state index contributed by atoms with van der Waals surface area (Å²) in [6, 6.07) is 20.6. The van der Waals surface area contributed by atoms with Crippen molar-refractivity contribution in [1.29, 1.82) is 10.5 Å². The Balaban J connectivity index is 1.41. The average molecular weight is 585 g/mol. The molecule has 0 radical (unpaired) electrons. The molecule has 2 aromatic heterocycles. The van der Waals surface area contributed by atoms with Crippen molar-refractivity contribution in [3.8, 4) is 23.3 Å². The third kappa shape index (κ3) is 6.97. The van der Waals surface area contributed by atoms with Crippen molar-refractivity contribution >= 4 is 45.1 Å². The van der Waals surface area contributed by atoms with Gasteiger partial charge in [0, 0.05) is 34.8 Å². The summed E-state index contributed by atoms with van der Waals surface area (Å²) in [6.45, 7) is 3.48. The molecule has 2 aromatic carbocycles. The molecular formula is C28H24N8O3S2. The molecule has 1 amide bonds. The second-order valence-corrected chi connectivity index (χ2v) is 11.5. The van der Waals surface area contributed by atoms with Gasteiger partial charge in [-0.05, 0) is 49.7 Å². The van der Waals surface area contributed by atoms with Gasteiger partial charge in [0.1, 0.15) is 28.5 Å². The number of nitrogens with one attached hydrogen (secondary N) is 2. The second-order valence-electron chi connectivity index (χ2n) is 8.77. The number of pyridine rings is 1. The number of carbonyl (C=O) groups excluding carboxylic acids is 1. The molecule has 0 aliphatic heterocycles.